The summed E-state index contributed by atoms with van der Waals surface area (Å²) in [5, 5.41) is 3.61. The molecule has 3 rings (SSSR count). The van der Waals surface area contributed by atoms with E-state index in [1.54, 1.807) is 60.7 Å². The van der Waals surface area contributed by atoms with E-state index in [0.29, 0.717) is 10.7 Å². The van der Waals surface area contributed by atoms with Gasteiger partial charge in [-0.05, 0) is 61.4 Å². The molecule has 1 amide bonds. The van der Waals surface area contributed by atoms with E-state index in [4.69, 9.17) is 11.6 Å². The first-order valence-corrected chi connectivity index (χ1v) is 11.7. The summed E-state index contributed by atoms with van der Waals surface area (Å²) in [6.45, 7) is 3.82. The minimum Gasteiger partial charge on any atom is -0.349 e. The molecule has 0 heterocycles. The van der Waals surface area contributed by atoms with E-state index in [2.05, 4.69) is 5.32 Å². The molecule has 7 heteroatoms. The van der Waals surface area contributed by atoms with Crippen molar-refractivity contribution in [2.75, 3.05) is 11.4 Å². The Bertz CT molecular complexity index is 1140. The Labute approximate surface area is 188 Å². The van der Waals surface area contributed by atoms with Crippen molar-refractivity contribution in [3.8, 4) is 0 Å². The van der Waals surface area contributed by atoms with Crippen molar-refractivity contribution in [2.45, 2.75) is 31.2 Å². The van der Waals surface area contributed by atoms with Gasteiger partial charge in [-0.25, -0.2) is 8.42 Å². The van der Waals surface area contributed by atoms with Crippen LogP contribution in [-0.2, 0) is 21.2 Å². The van der Waals surface area contributed by atoms with Gasteiger partial charge in [0.1, 0.15) is 0 Å². The van der Waals surface area contributed by atoms with E-state index < -0.39 is 10.0 Å². The van der Waals surface area contributed by atoms with Gasteiger partial charge in [-0.3, -0.25) is 9.10 Å². The lowest BCUT2D eigenvalue weighted by molar-refractivity contribution is -0.121. The van der Waals surface area contributed by atoms with Crippen LogP contribution in [0, 0.1) is 6.92 Å². The zero-order valence-electron chi connectivity index (χ0n) is 17.7. The van der Waals surface area contributed by atoms with Crippen molar-refractivity contribution in [3.63, 3.8) is 0 Å². The molecule has 0 bridgehead atoms. The Morgan fingerprint density at radius 3 is 2.13 bits per heavy atom. The van der Waals surface area contributed by atoms with Crippen molar-refractivity contribution in [1.29, 1.82) is 0 Å². The Balaban J connectivity index is 1.64. The Morgan fingerprint density at radius 1 is 0.968 bits per heavy atom. The molecule has 0 unspecified atom stereocenters. The van der Waals surface area contributed by atoms with Gasteiger partial charge < -0.3 is 5.32 Å². The third-order valence-electron chi connectivity index (χ3n) is 5.09. The number of amides is 1. The Kier molecular flexibility index (Phi) is 7.03. The van der Waals surface area contributed by atoms with E-state index in [-0.39, 0.29) is 23.3 Å². The number of hydrogen-bond acceptors (Lipinski definition) is 3. The number of aryl methyl sites for hydroxylation is 1. The highest BCUT2D eigenvalue weighted by Gasteiger charge is 2.21. The van der Waals surface area contributed by atoms with Crippen LogP contribution in [0.5, 0.6) is 0 Å². The van der Waals surface area contributed by atoms with E-state index in [1.165, 1.54) is 11.4 Å². The monoisotopic (exact) mass is 456 g/mol. The second-order valence-corrected chi connectivity index (χ2v) is 9.88. The number of nitrogens with one attached hydrogen (secondary N) is 1. The number of carbonyl (C=O) groups is 1. The topological polar surface area (TPSA) is 66.5 Å². The maximum atomic E-state index is 12.8. The summed E-state index contributed by atoms with van der Waals surface area (Å²) in [7, 11) is -2.13. The van der Waals surface area contributed by atoms with Gasteiger partial charge in [0.25, 0.3) is 10.0 Å². The smallest absolute Gasteiger partial charge is 0.264 e. The SMILES string of the molecule is Cc1ccc(S(=O)(=O)N(C)c2ccc(CC(=O)N[C@@H](C)c3ccc(Cl)cc3)cc2)cc1. The highest BCUT2D eigenvalue weighted by molar-refractivity contribution is 7.92. The van der Waals surface area contributed by atoms with Crippen molar-refractivity contribution in [1.82, 2.24) is 5.32 Å². The molecule has 3 aromatic carbocycles. The molecule has 0 aliphatic carbocycles. The third kappa shape index (κ3) is 5.66. The van der Waals surface area contributed by atoms with Crippen molar-refractivity contribution in [2.24, 2.45) is 0 Å². The molecule has 3 aromatic rings. The molecule has 0 spiro atoms. The van der Waals surface area contributed by atoms with E-state index in [9.17, 15) is 13.2 Å². The first-order chi connectivity index (χ1) is 14.7. The molecule has 5 nitrogen and oxygen atoms in total. The van der Waals surface area contributed by atoms with Crippen molar-refractivity contribution < 1.29 is 13.2 Å². The molecule has 1 N–H and O–H groups in total. The van der Waals surface area contributed by atoms with Crippen LogP contribution in [0.2, 0.25) is 5.02 Å². The number of benzene rings is 3. The molecule has 162 valence electrons. The summed E-state index contributed by atoms with van der Waals surface area (Å²) >= 11 is 5.91. The summed E-state index contributed by atoms with van der Waals surface area (Å²) in [6.07, 6.45) is 0.201. The second kappa shape index (κ2) is 9.54. The summed E-state index contributed by atoms with van der Waals surface area (Å²) in [4.78, 5) is 12.6. The maximum Gasteiger partial charge on any atom is 0.264 e. The summed E-state index contributed by atoms with van der Waals surface area (Å²) < 4.78 is 26.9. The average molecular weight is 457 g/mol. The lowest BCUT2D eigenvalue weighted by atomic mass is 10.1. The van der Waals surface area contributed by atoms with E-state index in [1.807, 2.05) is 26.0 Å². The van der Waals surface area contributed by atoms with Gasteiger partial charge in [0.15, 0.2) is 0 Å². The van der Waals surface area contributed by atoms with Gasteiger partial charge in [-0.1, -0.05) is 53.6 Å². The fourth-order valence-corrected chi connectivity index (χ4v) is 4.47. The highest BCUT2D eigenvalue weighted by Crippen LogP contribution is 2.23. The fraction of sp³-hybridized carbons (Fsp3) is 0.208. The summed E-state index contributed by atoms with van der Waals surface area (Å²) in [5.74, 6) is -0.115. The predicted octanol–water partition coefficient (Wildman–Crippen LogP) is 4.89. The fourth-order valence-electron chi connectivity index (χ4n) is 3.14. The first-order valence-electron chi connectivity index (χ1n) is 9.86. The van der Waals surface area contributed by atoms with E-state index in [0.717, 1.165) is 16.7 Å². The van der Waals surface area contributed by atoms with Crippen LogP contribution in [0.25, 0.3) is 0 Å². The zero-order valence-corrected chi connectivity index (χ0v) is 19.2. The normalized spacial score (nSPS) is 12.3. The Hall–Kier alpha value is -2.83. The molecule has 0 radical (unpaired) electrons. The molecule has 1 atom stereocenters. The highest BCUT2D eigenvalue weighted by atomic mass is 35.5. The lowest BCUT2D eigenvalue weighted by Crippen LogP contribution is -2.28. The summed E-state index contributed by atoms with van der Waals surface area (Å²) in [5.41, 5.74) is 3.29. The molecule has 0 aromatic heterocycles. The van der Waals surface area contributed by atoms with Crippen LogP contribution in [0.15, 0.2) is 77.7 Å². The number of halogens is 1. The molecule has 0 saturated heterocycles. The molecular formula is C24H25ClN2O3S. The maximum absolute atomic E-state index is 12.8. The van der Waals surface area contributed by atoms with Crippen LogP contribution >= 0.6 is 11.6 Å². The minimum atomic E-state index is -3.65. The van der Waals surface area contributed by atoms with E-state index >= 15 is 0 Å². The molecule has 0 saturated carbocycles. The third-order valence-corrected chi connectivity index (χ3v) is 7.14. The number of rotatable bonds is 7. The van der Waals surface area contributed by atoms with Crippen LogP contribution in [0.4, 0.5) is 5.69 Å². The first kappa shape index (κ1) is 22.8. The van der Waals surface area contributed by atoms with Gasteiger partial charge in [-0.15, -0.1) is 0 Å². The molecule has 0 aliphatic heterocycles. The van der Waals surface area contributed by atoms with Gasteiger partial charge in [-0.2, -0.15) is 0 Å². The largest absolute Gasteiger partial charge is 0.349 e. The molecule has 0 aliphatic rings. The average Bonchev–Trinajstić information content (AvgIpc) is 2.74. The predicted molar refractivity (Wildman–Crippen MR) is 125 cm³/mol. The number of sulfonamides is 1. The van der Waals surface area contributed by atoms with Crippen molar-refractivity contribution in [3.05, 3.63) is 94.5 Å². The number of carbonyl (C=O) groups excluding carboxylic acids is 1. The molecular weight excluding hydrogens is 432 g/mol. The van der Waals surface area contributed by atoms with Crippen LogP contribution in [0.1, 0.15) is 29.7 Å². The minimum absolute atomic E-state index is 0.115. The van der Waals surface area contributed by atoms with Gasteiger partial charge in [0, 0.05) is 12.1 Å². The second-order valence-electron chi connectivity index (χ2n) is 7.47. The van der Waals surface area contributed by atoms with Crippen LogP contribution in [0.3, 0.4) is 0 Å². The van der Waals surface area contributed by atoms with Crippen molar-refractivity contribution >= 4 is 33.2 Å². The van der Waals surface area contributed by atoms with Crippen LogP contribution < -0.4 is 9.62 Å². The molecule has 31 heavy (non-hydrogen) atoms. The summed E-state index contributed by atoms with van der Waals surface area (Å²) in [6, 6.07) is 20.9. The zero-order chi connectivity index (χ0) is 22.6. The lowest BCUT2D eigenvalue weighted by Gasteiger charge is -2.20. The number of anilines is 1. The van der Waals surface area contributed by atoms with Gasteiger partial charge >= 0.3 is 0 Å². The van der Waals surface area contributed by atoms with Gasteiger partial charge in [0.2, 0.25) is 5.91 Å². The van der Waals surface area contributed by atoms with Gasteiger partial charge in [0.05, 0.1) is 23.0 Å². The number of nitrogens with zero attached hydrogens (tertiary/aromatic N) is 1. The quantitative estimate of drug-likeness (QED) is 0.550. The Morgan fingerprint density at radius 2 is 1.55 bits per heavy atom. The standard InChI is InChI=1S/C24H25ClN2O3S/c1-17-4-14-23(15-5-17)31(29,30)27(3)22-12-6-19(7-13-22)16-24(28)26-18(2)20-8-10-21(25)11-9-20/h4-15,18H,16H2,1-3H3,(H,26,28)/t18-/m0/s1. The molecule has 0 fully saturated rings. The number of hydrogen-bond donors (Lipinski definition) is 1. The van der Waals surface area contributed by atoms with Crippen LogP contribution in [-0.4, -0.2) is 21.4 Å².